The smallest absolute Gasteiger partial charge is 0.309 e. The van der Waals surface area contributed by atoms with Crippen molar-refractivity contribution in [2.75, 3.05) is 37.3 Å². The molecule has 0 saturated carbocycles. The fourth-order valence-electron chi connectivity index (χ4n) is 2.82. The Morgan fingerprint density at radius 2 is 2.08 bits per heavy atom. The number of esters is 1. The summed E-state index contributed by atoms with van der Waals surface area (Å²) in [5.74, 6) is 0.630. The molecule has 1 aliphatic rings. The summed E-state index contributed by atoms with van der Waals surface area (Å²) in [5, 5.41) is 2.99. The number of amides is 1. The first-order valence-electron chi connectivity index (χ1n) is 8.65. The Hall–Kier alpha value is -1.79. The molecule has 1 aromatic carbocycles. The van der Waals surface area contributed by atoms with Gasteiger partial charge in [-0.05, 0) is 45.0 Å². The van der Waals surface area contributed by atoms with E-state index in [1.165, 1.54) is 0 Å². The summed E-state index contributed by atoms with van der Waals surface area (Å²) < 4.78 is 5.08. The van der Waals surface area contributed by atoms with Gasteiger partial charge in [-0.15, -0.1) is 18.3 Å². The van der Waals surface area contributed by atoms with Gasteiger partial charge >= 0.3 is 5.97 Å². The second-order valence-electron chi connectivity index (χ2n) is 5.95. The minimum Gasteiger partial charge on any atom is -0.466 e. The maximum absolute atomic E-state index is 12.4. The third-order valence-corrected chi connectivity index (χ3v) is 5.16. The van der Waals surface area contributed by atoms with E-state index in [0.29, 0.717) is 13.2 Å². The van der Waals surface area contributed by atoms with Crippen LogP contribution in [0, 0.1) is 5.92 Å². The average molecular weight is 362 g/mol. The lowest BCUT2D eigenvalue weighted by atomic mass is 9.97. The van der Waals surface area contributed by atoms with Crippen molar-refractivity contribution in [3.63, 3.8) is 0 Å². The normalized spacial score (nSPS) is 15.6. The highest BCUT2D eigenvalue weighted by Gasteiger charge is 2.26. The molecule has 0 radical (unpaired) electrons. The number of nitrogens with one attached hydrogen (secondary N) is 1. The van der Waals surface area contributed by atoms with Gasteiger partial charge in [0, 0.05) is 10.6 Å². The number of ether oxygens (including phenoxy) is 1. The Balaban J connectivity index is 1.82. The summed E-state index contributed by atoms with van der Waals surface area (Å²) >= 11 is 1.65. The van der Waals surface area contributed by atoms with Crippen molar-refractivity contribution in [1.29, 1.82) is 0 Å². The zero-order valence-electron chi connectivity index (χ0n) is 14.7. The van der Waals surface area contributed by atoms with Crippen molar-refractivity contribution in [2.24, 2.45) is 5.92 Å². The van der Waals surface area contributed by atoms with Crippen LogP contribution in [0.15, 0.2) is 41.8 Å². The average Bonchev–Trinajstić information content (AvgIpc) is 2.61. The highest BCUT2D eigenvalue weighted by molar-refractivity contribution is 7.99. The highest BCUT2D eigenvalue weighted by atomic mass is 32.2. The van der Waals surface area contributed by atoms with Gasteiger partial charge in [-0.1, -0.05) is 18.2 Å². The highest BCUT2D eigenvalue weighted by Crippen LogP contribution is 2.27. The summed E-state index contributed by atoms with van der Waals surface area (Å²) in [6.45, 7) is 7.79. The van der Waals surface area contributed by atoms with Crippen LogP contribution in [-0.4, -0.2) is 48.8 Å². The van der Waals surface area contributed by atoms with E-state index < -0.39 is 0 Å². The van der Waals surface area contributed by atoms with Crippen LogP contribution in [-0.2, 0) is 14.3 Å². The molecule has 6 heteroatoms. The van der Waals surface area contributed by atoms with Gasteiger partial charge in [-0.3, -0.25) is 14.5 Å². The summed E-state index contributed by atoms with van der Waals surface area (Å²) in [7, 11) is 0. The molecular formula is C19H26N2O3S. The van der Waals surface area contributed by atoms with Crippen LogP contribution in [0.25, 0.3) is 0 Å². The number of benzene rings is 1. The summed E-state index contributed by atoms with van der Waals surface area (Å²) in [6.07, 6.45) is 3.34. The first kappa shape index (κ1) is 19.5. The lowest BCUT2D eigenvalue weighted by Crippen LogP contribution is -2.41. The lowest BCUT2D eigenvalue weighted by Gasteiger charge is -2.30. The van der Waals surface area contributed by atoms with Gasteiger partial charge in [0.2, 0.25) is 5.91 Å². The van der Waals surface area contributed by atoms with Crippen molar-refractivity contribution < 1.29 is 14.3 Å². The lowest BCUT2D eigenvalue weighted by molar-refractivity contribution is -0.149. The summed E-state index contributed by atoms with van der Waals surface area (Å²) in [4.78, 5) is 27.2. The maximum atomic E-state index is 12.4. The minimum absolute atomic E-state index is 0.0266. The van der Waals surface area contributed by atoms with Crippen LogP contribution in [0.3, 0.4) is 0 Å². The molecule has 1 aliphatic heterocycles. The SMILES string of the molecule is C=CCSc1ccccc1NC(=O)CN1CCC(C(=O)OCC)CC1. The van der Waals surface area contributed by atoms with Gasteiger partial charge in [0.15, 0.2) is 0 Å². The number of rotatable bonds is 8. The molecule has 0 atom stereocenters. The van der Waals surface area contributed by atoms with Crippen molar-refractivity contribution in [2.45, 2.75) is 24.7 Å². The standard InChI is InChI=1S/C19H26N2O3S/c1-3-13-25-17-8-6-5-7-16(17)20-18(22)14-21-11-9-15(10-12-21)19(23)24-4-2/h3,5-8,15H,1,4,9-14H2,2H3,(H,20,22). The number of piperidine rings is 1. The van der Waals surface area contributed by atoms with Crippen LogP contribution in [0.5, 0.6) is 0 Å². The Bertz CT molecular complexity index is 598. The third-order valence-electron chi connectivity index (χ3n) is 4.09. The number of nitrogens with zero attached hydrogens (tertiary/aromatic N) is 1. The molecule has 1 aromatic rings. The van der Waals surface area contributed by atoms with Crippen molar-refractivity contribution >= 4 is 29.3 Å². The molecule has 0 spiro atoms. The number of carbonyl (C=O) groups excluding carboxylic acids is 2. The molecule has 1 amide bonds. The Labute approximate surface area is 153 Å². The number of thioether (sulfide) groups is 1. The van der Waals surface area contributed by atoms with E-state index in [1.807, 2.05) is 37.3 Å². The molecule has 0 bridgehead atoms. The minimum atomic E-state index is -0.111. The van der Waals surface area contributed by atoms with Gasteiger partial charge in [0.25, 0.3) is 0 Å². The monoisotopic (exact) mass is 362 g/mol. The molecular weight excluding hydrogens is 336 g/mol. The summed E-state index contributed by atoms with van der Waals surface area (Å²) in [6, 6.07) is 7.78. The van der Waals surface area contributed by atoms with Crippen LogP contribution in [0.2, 0.25) is 0 Å². The number of para-hydroxylation sites is 1. The Morgan fingerprint density at radius 3 is 2.76 bits per heavy atom. The van der Waals surface area contributed by atoms with E-state index >= 15 is 0 Å². The molecule has 136 valence electrons. The van der Waals surface area contributed by atoms with Crippen molar-refractivity contribution in [1.82, 2.24) is 4.90 Å². The van der Waals surface area contributed by atoms with Crippen molar-refractivity contribution in [3.05, 3.63) is 36.9 Å². The van der Waals surface area contributed by atoms with Gasteiger partial charge in [-0.25, -0.2) is 0 Å². The number of likely N-dealkylation sites (tertiary alicyclic amines) is 1. The van der Waals surface area contributed by atoms with E-state index in [-0.39, 0.29) is 17.8 Å². The van der Waals surface area contributed by atoms with Crippen molar-refractivity contribution in [3.8, 4) is 0 Å². The number of hydrogen-bond donors (Lipinski definition) is 1. The van der Waals surface area contributed by atoms with E-state index in [9.17, 15) is 9.59 Å². The van der Waals surface area contributed by atoms with E-state index in [4.69, 9.17) is 4.74 Å². The first-order valence-corrected chi connectivity index (χ1v) is 9.64. The molecule has 0 aliphatic carbocycles. The number of hydrogen-bond acceptors (Lipinski definition) is 5. The molecule has 1 fully saturated rings. The fourth-order valence-corrected chi connectivity index (χ4v) is 3.57. The molecule has 2 rings (SSSR count). The Morgan fingerprint density at radius 1 is 1.36 bits per heavy atom. The quantitative estimate of drug-likeness (QED) is 0.437. The fraction of sp³-hybridized carbons (Fsp3) is 0.474. The first-order chi connectivity index (χ1) is 12.1. The molecule has 1 saturated heterocycles. The second kappa shape index (κ2) is 10.3. The zero-order valence-corrected chi connectivity index (χ0v) is 15.5. The molecule has 0 unspecified atom stereocenters. The van der Waals surface area contributed by atoms with Gasteiger partial charge in [0.05, 0.1) is 24.8 Å². The van der Waals surface area contributed by atoms with Crippen LogP contribution in [0.1, 0.15) is 19.8 Å². The van der Waals surface area contributed by atoms with Gasteiger partial charge < -0.3 is 10.1 Å². The van der Waals surface area contributed by atoms with E-state index in [2.05, 4.69) is 16.8 Å². The predicted molar refractivity (Wildman–Crippen MR) is 102 cm³/mol. The van der Waals surface area contributed by atoms with Gasteiger partial charge in [-0.2, -0.15) is 0 Å². The third kappa shape index (κ3) is 6.21. The molecule has 0 aromatic heterocycles. The topological polar surface area (TPSA) is 58.6 Å². The maximum Gasteiger partial charge on any atom is 0.309 e. The van der Waals surface area contributed by atoms with E-state index in [1.54, 1.807) is 11.8 Å². The predicted octanol–water partition coefficient (Wildman–Crippen LogP) is 3.18. The van der Waals surface area contributed by atoms with Gasteiger partial charge in [0.1, 0.15) is 0 Å². The second-order valence-corrected chi connectivity index (χ2v) is 7.01. The Kier molecular flexibility index (Phi) is 8.01. The zero-order chi connectivity index (χ0) is 18.1. The molecule has 1 N–H and O–H groups in total. The van der Waals surface area contributed by atoms with Crippen LogP contribution < -0.4 is 5.32 Å². The molecule has 5 nitrogen and oxygen atoms in total. The van der Waals surface area contributed by atoms with Crippen LogP contribution >= 0.6 is 11.8 Å². The van der Waals surface area contributed by atoms with E-state index in [0.717, 1.165) is 42.3 Å². The summed E-state index contributed by atoms with van der Waals surface area (Å²) in [5.41, 5.74) is 0.834. The number of carbonyl (C=O) groups is 2. The van der Waals surface area contributed by atoms with Crippen LogP contribution in [0.4, 0.5) is 5.69 Å². The number of anilines is 1. The molecule has 25 heavy (non-hydrogen) atoms. The molecule has 1 heterocycles. The largest absolute Gasteiger partial charge is 0.466 e.